The summed E-state index contributed by atoms with van der Waals surface area (Å²) in [5.74, 6) is 0. The Kier molecular flexibility index (Phi) is 4.09. The van der Waals surface area contributed by atoms with Crippen molar-refractivity contribution >= 4 is 11.7 Å². The molecular weight excluding hydrogens is 250 g/mol. The monoisotopic (exact) mass is 273 g/mol. The minimum atomic E-state index is 0.0109. The predicted octanol–water partition coefficient (Wildman–Crippen LogP) is 2.51. The van der Waals surface area contributed by atoms with Gasteiger partial charge in [0.15, 0.2) is 0 Å². The van der Waals surface area contributed by atoms with E-state index < -0.39 is 0 Å². The topological polar surface area (TPSA) is 44.4 Å². The Labute approximate surface area is 120 Å². The number of benzene rings is 1. The Morgan fingerprint density at radius 2 is 1.70 bits per heavy atom. The number of nitrogens with one attached hydrogen (secondary N) is 2. The molecular formula is C16H23N3O. The fourth-order valence-corrected chi connectivity index (χ4v) is 3.23. The van der Waals surface area contributed by atoms with Gasteiger partial charge in [0, 0.05) is 30.9 Å². The second-order valence-corrected chi connectivity index (χ2v) is 5.87. The van der Waals surface area contributed by atoms with E-state index in [9.17, 15) is 4.79 Å². The molecule has 1 aliphatic heterocycles. The lowest BCUT2D eigenvalue weighted by atomic mass is 10.2. The van der Waals surface area contributed by atoms with Crippen LogP contribution in [0.1, 0.15) is 32.1 Å². The van der Waals surface area contributed by atoms with E-state index in [0.717, 1.165) is 32.4 Å². The molecule has 2 amide bonds. The van der Waals surface area contributed by atoms with Gasteiger partial charge in [-0.15, -0.1) is 0 Å². The number of carbonyl (C=O) groups is 1. The zero-order valence-electron chi connectivity index (χ0n) is 11.8. The average Bonchev–Trinajstić information content (AvgIpc) is 3.11. The van der Waals surface area contributed by atoms with Crippen LogP contribution in [0.25, 0.3) is 0 Å². The molecule has 2 N–H and O–H groups in total. The summed E-state index contributed by atoms with van der Waals surface area (Å²) in [6.45, 7) is 1.92. The molecule has 0 spiro atoms. The smallest absolute Gasteiger partial charge is 0.315 e. The summed E-state index contributed by atoms with van der Waals surface area (Å²) in [4.78, 5) is 14.3. The number of anilines is 1. The number of amides is 2. The molecule has 2 aliphatic rings. The Balaban J connectivity index is 1.46. The van der Waals surface area contributed by atoms with Crippen molar-refractivity contribution < 1.29 is 4.79 Å². The van der Waals surface area contributed by atoms with Gasteiger partial charge in [0.05, 0.1) is 0 Å². The molecule has 0 radical (unpaired) electrons. The molecule has 1 saturated heterocycles. The fraction of sp³-hybridized carbons (Fsp3) is 0.562. The Bertz CT molecular complexity index is 442. The summed E-state index contributed by atoms with van der Waals surface area (Å²) in [6.07, 6.45) is 5.78. The van der Waals surface area contributed by atoms with Crippen molar-refractivity contribution in [1.82, 2.24) is 10.6 Å². The van der Waals surface area contributed by atoms with Crippen LogP contribution in [0.4, 0.5) is 10.5 Å². The maximum absolute atomic E-state index is 12.0. The molecule has 108 valence electrons. The number of nitrogens with zero attached hydrogens (tertiary/aromatic N) is 1. The van der Waals surface area contributed by atoms with Crippen molar-refractivity contribution in [1.29, 1.82) is 0 Å². The maximum Gasteiger partial charge on any atom is 0.315 e. The number of hydrogen-bond donors (Lipinski definition) is 2. The highest BCUT2D eigenvalue weighted by Crippen LogP contribution is 2.20. The van der Waals surface area contributed by atoms with E-state index in [1.165, 1.54) is 18.5 Å². The van der Waals surface area contributed by atoms with Gasteiger partial charge in [-0.2, -0.15) is 0 Å². The van der Waals surface area contributed by atoms with Crippen LogP contribution in [-0.4, -0.2) is 31.2 Å². The Morgan fingerprint density at radius 3 is 2.45 bits per heavy atom. The minimum absolute atomic E-state index is 0.0109. The van der Waals surface area contributed by atoms with Crippen LogP contribution < -0.4 is 15.5 Å². The van der Waals surface area contributed by atoms with Gasteiger partial charge in [-0.1, -0.05) is 31.0 Å². The van der Waals surface area contributed by atoms with E-state index in [-0.39, 0.29) is 12.1 Å². The van der Waals surface area contributed by atoms with E-state index >= 15 is 0 Å². The third kappa shape index (κ3) is 3.24. The van der Waals surface area contributed by atoms with Gasteiger partial charge in [0.2, 0.25) is 0 Å². The first-order valence-corrected chi connectivity index (χ1v) is 7.68. The van der Waals surface area contributed by atoms with Crippen molar-refractivity contribution in [2.45, 2.75) is 44.2 Å². The van der Waals surface area contributed by atoms with Gasteiger partial charge < -0.3 is 15.5 Å². The van der Waals surface area contributed by atoms with Crippen LogP contribution in [0.5, 0.6) is 0 Å². The highest BCUT2D eigenvalue weighted by molar-refractivity contribution is 5.74. The molecule has 4 nitrogen and oxygen atoms in total. The molecule has 0 bridgehead atoms. The predicted molar refractivity (Wildman–Crippen MR) is 81.0 cm³/mol. The van der Waals surface area contributed by atoms with Crippen LogP contribution in [0.2, 0.25) is 0 Å². The molecule has 1 aromatic carbocycles. The van der Waals surface area contributed by atoms with Gasteiger partial charge in [-0.3, -0.25) is 0 Å². The molecule has 1 saturated carbocycles. The lowest BCUT2D eigenvalue weighted by Crippen LogP contribution is -2.46. The molecule has 1 aliphatic carbocycles. The van der Waals surface area contributed by atoms with Crippen molar-refractivity contribution in [3.8, 4) is 0 Å². The molecule has 3 rings (SSSR count). The molecule has 0 unspecified atom stereocenters. The van der Waals surface area contributed by atoms with E-state index in [0.29, 0.717) is 6.04 Å². The number of rotatable bonds is 3. The van der Waals surface area contributed by atoms with Gasteiger partial charge in [-0.05, 0) is 31.4 Å². The standard InChI is InChI=1S/C16H23N3O/c20-16(17-13-6-4-5-7-13)18-14-10-11-19(12-14)15-8-2-1-3-9-15/h1-3,8-9,13-14H,4-7,10-12H2,(H2,17,18,20)/t14-/m0/s1. The summed E-state index contributed by atoms with van der Waals surface area (Å²) in [7, 11) is 0. The first-order chi connectivity index (χ1) is 9.81. The second-order valence-electron chi connectivity index (χ2n) is 5.87. The zero-order valence-corrected chi connectivity index (χ0v) is 11.8. The summed E-state index contributed by atoms with van der Waals surface area (Å²) in [6, 6.07) is 11.1. The number of hydrogen-bond acceptors (Lipinski definition) is 2. The Morgan fingerprint density at radius 1 is 1.00 bits per heavy atom. The van der Waals surface area contributed by atoms with Crippen molar-refractivity contribution in [3.63, 3.8) is 0 Å². The number of urea groups is 1. The summed E-state index contributed by atoms with van der Waals surface area (Å²) in [5, 5.41) is 6.21. The van der Waals surface area contributed by atoms with Crippen molar-refractivity contribution in [2.75, 3.05) is 18.0 Å². The van der Waals surface area contributed by atoms with Gasteiger partial charge in [-0.25, -0.2) is 4.79 Å². The highest BCUT2D eigenvalue weighted by atomic mass is 16.2. The largest absolute Gasteiger partial charge is 0.369 e. The molecule has 2 fully saturated rings. The van der Waals surface area contributed by atoms with E-state index in [2.05, 4.69) is 39.8 Å². The molecule has 1 atom stereocenters. The first-order valence-electron chi connectivity index (χ1n) is 7.68. The van der Waals surface area contributed by atoms with Crippen LogP contribution in [-0.2, 0) is 0 Å². The van der Waals surface area contributed by atoms with Crippen LogP contribution in [0.15, 0.2) is 30.3 Å². The normalized spacial score (nSPS) is 23.0. The molecule has 1 aromatic rings. The molecule has 1 heterocycles. The second kappa shape index (κ2) is 6.16. The third-order valence-corrected chi connectivity index (χ3v) is 4.34. The lowest BCUT2D eigenvalue weighted by molar-refractivity contribution is 0.234. The number of carbonyl (C=O) groups excluding carboxylic acids is 1. The Hall–Kier alpha value is -1.71. The highest BCUT2D eigenvalue weighted by Gasteiger charge is 2.25. The van der Waals surface area contributed by atoms with Gasteiger partial charge in [0.1, 0.15) is 0 Å². The van der Waals surface area contributed by atoms with Gasteiger partial charge in [0.25, 0.3) is 0 Å². The van der Waals surface area contributed by atoms with E-state index in [1.54, 1.807) is 0 Å². The van der Waals surface area contributed by atoms with E-state index in [1.807, 2.05) is 6.07 Å². The van der Waals surface area contributed by atoms with Crippen LogP contribution in [0, 0.1) is 0 Å². The zero-order chi connectivity index (χ0) is 13.8. The summed E-state index contributed by atoms with van der Waals surface area (Å²) in [5.41, 5.74) is 1.24. The molecule has 0 aromatic heterocycles. The lowest BCUT2D eigenvalue weighted by Gasteiger charge is -2.20. The van der Waals surface area contributed by atoms with Crippen molar-refractivity contribution in [2.24, 2.45) is 0 Å². The van der Waals surface area contributed by atoms with Crippen molar-refractivity contribution in [3.05, 3.63) is 30.3 Å². The van der Waals surface area contributed by atoms with E-state index in [4.69, 9.17) is 0 Å². The fourth-order valence-electron chi connectivity index (χ4n) is 3.23. The minimum Gasteiger partial charge on any atom is -0.369 e. The number of para-hydroxylation sites is 1. The maximum atomic E-state index is 12.0. The SMILES string of the molecule is O=C(NC1CCCC1)N[C@H]1CCN(c2ccccc2)C1. The van der Waals surface area contributed by atoms with Crippen LogP contribution >= 0.6 is 0 Å². The quantitative estimate of drug-likeness (QED) is 0.888. The average molecular weight is 273 g/mol. The summed E-state index contributed by atoms with van der Waals surface area (Å²) >= 11 is 0. The summed E-state index contributed by atoms with van der Waals surface area (Å²) < 4.78 is 0. The molecule has 4 heteroatoms. The van der Waals surface area contributed by atoms with Gasteiger partial charge >= 0.3 is 6.03 Å². The first kappa shape index (κ1) is 13.3. The molecule has 20 heavy (non-hydrogen) atoms. The third-order valence-electron chi connectivity index (χ3n) is 4.34. The van der Waals surface area contributed by atoms with Crippen LogP contribution in [0.3, 0.4) is 0 Å².